The molecule has 0 aromatic heterocycles. The molecule has 2 rings (SSSR count). The van der Waals surface area contributed by atoms with E-state index in [1.54, 1.807) is 0 Å². The second-order valence-electron chi connectivity index (χ2n) is 4.84. The van der Waals surface area contributed by atoms with Crippen LogP contribution >= 0.6 is 0 Å². The van der Waals surface area contributed by atoms with E-state index in [-0.39, 0.29) is 0 Å². The first kappa shape index (κ1) is 9.11. The van der Waals surface area contributed by atoms with Crippen molar-refractivity contribution < 1.29 is 5.11 Å². The zero-order valence-electron chi connectivity index (χ0n) is 8.77. The van der Waals surface area contributed by atoms with Gasteiger partial charge in [0.15, 0.2) is 0 Å². The Morgan fingerprint density at radius 1 is 1.38 bits per heavy atom. The predicted octanol–water partition coefficient (Wildman–Crippen LogP) is 3.81. The van der Waals surface area contributed by atoms with E-state index < -0.39 is 0 Å². The van der Waals surface area contributed by atoms with Gasteiger partial charge in [0.1, 0.15) is 0 Å². The number of allylic oxidation sites excluding steroid dienone is 2. The van der Waals surface area contributed by atoms with Crippen molar-refractivity contribution >= 4 is 0 Å². The van der Waals surface area contributed by atoms with Gasteiger partial charge in [-0.2, -0.15) is 0 Å². The minimum Gasteiger partial charge on any atom is -0.513 e. The number of hydrogen-bond acceptors (Lipinski definition) is 1. The molecule has 13 heavy (non-hydrogen) atoms. The van der Waals surface area contributed by atoms with Crippen LogP contribution in [-0.2, 0) is 0 Å². The molecule has 1 heteroatoms. The summed E-state index contributed by atoms with van der Waals surface area (Å²) >= 11 is 0. The zero-order chi connectivity index (χ0) is 9.53. The number of aliphatic hydroxyl groups excluding tert-OH is 1. The predicted molar refractivity (Wildman–Crippen MR) is 54.6 cm³/mol. The lowest BCUT2D eigenvalue weighted by molar-refractivity contribution is 0.257. The van der Waals surface area contributed by atoms with Crippen molar-refractivity contribution in [3.05, 3.63) is 11.8 Å². The summed E-state index contributed by atoms with van der Waals surface area (Å²) < 4.78 is 0. The maximum atomic E-state index is 9.35. The Hall–Kier alpha value is -0.460. The first-order valence-corrected chi connectivity index (χ1v) is 5.56. The van der Waals surface area contributed by atoms with E-state index >= 15 is 0 Å². The first-order valence-electron chi connectivity index (χ1n) is 5.56. The fourth-order valence-electron chi connectivity index (χ4n) is 3.38. The zero-order valence-corrected chi connectivity index (χ0v) is 8.77. The van der Waals surface area contributed by atoms with Gasteiger partial charge in [0.25, 0.3) is 0 Å². The van der Waals surface area contributed by atoms with E-state index in [2.05, 4.69) is 19.9 Å². The van der Waals surface area contributed by atoms with Gasteiger partial charge in [-0.1, -0.05) is 13.8 Å². The molecule has 1 fully saturated rings. The summed E-state index contributed by atoms with van der Waals surface area (Å²) in [6, 6.07) is 0. The van der Waals surface area contributed by atoms with Crippen LogP contribution in [0.3, 0.4) is 0 Å². The highest BCUT2D eigenvalue weighted by atomic mass is 16.3. The molecule has 2 aliphatic carbocycles. The van der Waals surface area contributed by atoms with Crippen molar-refractivity contribution in [3.8, 4) is 0 Å². The first-order chi connectivity index (χ1) is 6.18. The molecule has 0 saturated heterocycles. The van der Waals surface area contributed by atoms with Crippen LogP contribution in [0.1, 0.15) is 52.4 Å². The van der Waals surface area contributed by atoms with E-state index in [0.717, 1.165) is 12.8 Å². The van der Waals surface area contributed by atoms with Gasteiger partial charge in [0, 0.05) is 6.42 Å². The third-order valence-electron chi connectivity index (χ3n) is 4.62. The molecule has 1 atom stereocenters. The summed E-state index contributed by atoms with van der Waals surface area (Å²) in [6.45, 7) is 4.63. The minimum absolute atomic E-state index is 0.586. The summed E-state index contributed by atoms with van der Waals surface area (Å²) in [6.07, 6.45) is 9.35. The highest BCUT2D eigenvalue weighted by molar-refractivity contribution is 5.19. The molecule has 0 aromatic rings. The fraction of sp³-hybridized carbons (Fsp3) is 0.833. The van der Waals surface area contributed by atoms with E-state index in [1.807, 2.05) is 0 Å². The lowest BCUT2D eigenvalue weighted by Gasteiger charge is -2.26. The third-order valence-corrected chi connectivity index (χ3v) is 4.62. The summed E-state index contributed by atoms with van der Waals surface area (Å²) in [5, 5.41) is 9.35. The maximum absolute atomic E-state index is 9.35. The second kappa shape index (κ2) is 2.76. The summed E-state index contributed by atoms with van der Waals surface area (Å²) in [4.78, 5) is 0. The molecule has 1 unspecified atom stereocenters. The van der Waals surface area contributed by atoms with Crippen LogP contribution in [0.4, 0.5) is 0 Å². The largest absolute Gasteiger partial charge is 0.513 e. The van der Waals surface area contributed by atoms with Gasteiger partial charge in [-0.15, -0.1) is 0 Å². The topological polar surface area (TPSA) is 20.2 Å². The van der Waals surface area contributed by atoms with Gasteiger partial charge < -0.3 is 5.11 Å². The highest BCUT2D eigenvalue weighted by Gasteiger charge is 2.63. The van der Waals surface area contributed by atoms with Gasteiger partial charge in [-0.05, 0) is 49.0 Å². The Morgan fingerprint density at radius 2 is 2.08 bits per heavy atom. The Bertz CT molecular complexity index is 238. The van der Waals surface area contributed by atoms with Crippen molar-refractivity contribution in [1.82, 2.24) is 0 Å². The van der Waals surface area contributed by atoms with Gasteiger partial charge in [0.05, 0.1) is 5.76 Å². The SMILES string of the molecule is CCC1(CC)CC12CC=C(O)CC2. The molecule has 2 aliphatic rings. The van der Waals surface area contributed by atoms with E-state index in [4.69, 9.17) is 0 Å². The van der Waals surface area contributed by atoms with E-state index in [1.165, 1.54) is 25.7 Å². The molecule has 1 nitrogen and oxygen atoms in total. The molecular weight excluding hydrogens is 160 g/mol. The molecule has 74 valence electrons. The van der Waals surface area contributed by atoms with Crippen molar-refractivity contribution in [2.24, 2.45) is 10.8 Å². The molecule has 0 amide bonds. The average molecular weight is 180 g/mol. The van der Waals surface area contributed by atoms with E-state index in [0.29, 0.717) is 16.6 Å². The summed E-state index contributed by atoms with van der Waals surface area (Å²) in [5.74, 6) is 0.624. The average Bonchev–Trinajstić information content (AvgIpc) is 2.80. The molecule has 0 radical (unpaired) electrons. The van der Waals surface area contributed by atoms with E-state index in [9.17, 15) is 5.11 Å². The fourth-order valence-corrected chi connectivity index (χ4v) is 3.38. The van der Waals surface area contributed by atoms with Crippen LogP contribution in [0, 0.1) is 10.8 Å². The number of rotatable bonds is 2. The molecule has 0 heterocycles. The van der Waals surface area contributed by atoms with Crippen LogP contribution in [0.15, 0.2) is 11.8 Å². The van der Waals surface area contributed by atoms with Crippen molar-refractivity contribution in [1.29, 1.82) is 0 Å². The lowest BCUT2D eigenvalue weighted by atomic mass is 9.80. The van der Waals surface area contributed by atoms with Crippen LogP contribution in [0.5, 0.6) is 0 Å². The quantitative estimate of drug-likeness (QED) is 0.685. The molecule has 1 spiro atoms. The normalized spacial score (nSPS) is 36.0. The van der Waals surface area contributed by atoms with Crippen molar-refractivity contribution in [2.45, 2.75) is 52.4 Å². The smallest absolute Gasteiger partial charge is 0.0883 e. The van der Waals surface area contributed by atoms with Crippen molar-refractivity contribution in [2.75, 3.05) is 0 Å². The van der Waals surface area contributed by atoms with Gasteiger partial charge >= 0.3 is 0 Å². The Balaban J connectivity index is 2.11. The Kier molecular flexibility index (Phi) is 1.94. The van der Waals surface area contributed by atoms with Crippen LogP contribution in [-0.4, -0.2) is 5.11 Å². The van der Waals surface area contributed by atoms with Crippen LogP contribution in [0.2, 0.25) is 0 Å². The maximum Gasteiger partial charge on any atom is 0.0883 e. The van der Waals surface area contributed by atoms with Crippen LogP contribution < -0.4 is 0 Å². The van der Waals surface area contributed by atoms with Gasteiger partial charge in [0.2, 0.25) is 0 Å². The summed E-state index contributed by atoms with van der Waals surface area (Å²) in [7, 11) is 0. The van der Waals surface area contributed by atoms with Gasteiger partial charge in [-0.3, -0.25) is 0 Å². The Morgan fingerprint density at radius 3 is 2.46 bits per heavy atom. The molecule has 0 aromatic carbocycles. The highest BCUT2D eigenvalue weighted by Crippen LogP contribution is 2.73. The monoisotopic (exact) mass is 180 g/mol. The Labute approximate surface area is 80.8 Å². The minimum atomic E-state index is 0.586. The lowest BCUT2D eigenvalue weighted by Crippen LogP contribution is -2.16. The standard InChI is InChI=1S/C12H20O/c1-3-11(4-2)9-12(11)7-5-10(13)6-8-12/h5,13H,3-4,6-9H2,1-2H3. The number of hydrogen-bond donors (Lipinski definition) is 1. The summed E-state index contributed by atoms with van der Waals surface area (Å²) in [5.41, 5.74) is 1.22. The molecule has 0 bridgehead atoms. The number of aliphatic hydroxyl groups is 1. The van der Waals surface area contributed by atoms with Crippen molar-refractivity contribution in [3.63, 3.8) is 0 Å². The molecule has 0 aliphatic heterocycles. The molecule has 1 N–H and O–H groups in total. The molecule has 1 saturated carbocycles. The second-order valence-corrected chi connectivity index (χ2v) is 4.84. The van der Waals surface area contributed by atoms with Gasteiger partial charge in [-0.25, -0.2) is 0 Å². The molecular formula is C12H20O. The third kappa shape index (κ3) is 1.13. The van der Waals surface area contributed by atoms with Crippen LogP contribution in [0.25, 0.3) is 0 Å².